The van der Waals surface area contributed by atoms with Crippen LogP contribution in [-0.2, 0) is 9.59 Å². The molecule has 0 bridgehead atoms. The van der Waals surface area contributed by atoms with E-state index < -0.39 is 5.82 Å². The first-order valence-corrected chi connectivity index (χ1v) is 17.1. The van der Waals surface area contributed by atoms with Gasteiger partial charge in [-0.25, -0.2) is 4.39 Å². The molecule has 11 heteroatoms. The van der Waals surface area contributed by atoms with Gasteiger partial charge in [0.05, 0.1) is 28.4 Å². The van der Waals surface area contributed by atoms with Crippen molar-refractivity contribution < 1.29 is 23.5 Å². The van der Waals surface area contributed by atoms with Gasteiger partial charge in [-0.2, -0.15) is 25.6 Å². The molecule has 0 N–H and O–H groups in total. The molecule has 0 unspecified atom stereocenters. The van der Waals surface area contributed by atoms with Crippen molar-refractivity contribution >= 4 is 46.1 Å². The van der Waals surface area contributed by atoms with Crippen molar-refractivity contribution in [2.24, 2.45) is 30.7 Å². The van der Waals surface area contributed by atoms with Crippen molar-refractivity contribution in [3.05, 3.63) is 96.3 Å². The number of hydrogen-bond donors (Lipinski definition) is 0. The second-order valence-corrected chi connectivity index (χ2v) is 11.8. The van der Waals surface area contributed by atoms with Gasteiger partial charge in [0.1, 0.15) is 17.2 Å². The van der Waals surface area contributed by atoms with Crippen LogP contribution < -0.4 is 9.47 Å². The van der Waals surface area contributed by atoms with Crippen LogP contribution in [0.3, 0.4) is 0 Å². The van der Waals surface area contributed by atoms with Crippen molar-refractivity contribution in [3.63, 3.8) is 0 Å². The number of carbonyl (C=O) groups is 2. The fourth-order valence-electron chi connectivity index (χ4n) is 4.71. The Labute approximate surface area is 292 Å². The van der Waals surface area contributed by atoms with E-state index in [0.29, 0.717) is 47.0 Å². The first kappa shape index (κ1) is 37.4. The summed E-state index contributed by atoms with van der Waals surface area (Å²) in [4.78, 5) is 24.0. The van der Waals surface area contributed by atoms with E-state index in [1.807, 2.05) is 19.1 Å². The van der Waals surface area contributed by atoms with Gasteiger partial charge in [0.25, 0.3) is 0 Å². The van der Waals surface area contributed by atoms with E-state index >= 15 is 0 Å². The number of carbonyl (C=O) groups excluding carboxylic acids is 2. The van der Waals surface area contributed by atoms with Gasteiger partial charge >= 0.3 is 11.9 Å². The number of azo groups is 3. The lowest BCUT2D eigenvalue weighted by molar-refractivity contribution is -0.135. The van der Waals surface area contributed by atoms with Crippen molar-refractivity contribution in [1.82, 2.24) is 0 Å². The lowest BCUT2D eigenvalue weighted by Crippen LogP contribution is -2.07. The van der Waals surface area contributed by atoms with Crippen LogP contribution in [0.1, 0.15) is 83.6 Å². The van der Waals surface area contributed by atoms with Gasteiger partial charge in [0, 0.05) is 18.9 Å². The topological polar surface area (TPSA) is 127 Å². The summed E-state index contributed by atoms with van der Waals surface area (Å²) in [5, 5.41) is 25.4. The monoisotopic (exact) mass is 678 g/mol. The SMILES string of the molecule is CCCCCCC(=O)Oc1ccc(N=Nc2ccc(N=Nc3ccc(N=Nc4ccc(OC(=O)CCCCCC)cc4F)cc3)cc2C)cc1. The molecule has 0 aliphatic carbocycles. The lowest BCUT2D eigenvalue weighted by Gasteiger charge is -2.05. The summed E-state index contributed by atoms with van der Waals surface area (Å²) >= 11 is 0. The maximum atomic E-state index is 14.6. The Balaban J connectivity index is 1.26. The molecule has 4 aromatic rings. The maximum Gasteiger partial charge on any atom is 0.311 e. The number of ether oxygens (including phenoxy) is 2. The number of unbranched alkanes of at least 4 members (excludes halogenated alkanes) is 6. The van der Waals surface area contributed by atoms with Gasteiger partial charge in [0.2, 0.25) is 0 Å². The van der Waals surface area contributed by atoms with Crippen LogP contribution in [-0.4, -0.2) is 11.9 Å². The Hall–Kier alpha value is -5.45. The van der Waals surface area contributed by atoms with Crippen molar-refractivity contribution in [1.29, 1.82) is 0 Å². The van der Waals surface area contributed by atoms with E-state index in [2.05, 4.69) is 44.5 Å². The summed E-state index contributed by atoms with van der Waals surface area (Å²) in [6.07, 6.45) is 8.69. The van der Waals surface area contributed by atoms with Crippen molar-refractivity contribution in [2.45, 2.75) is 85.0 Å². The van der Waals surface area contributed by atoms with Crippen LogP contribution in [0.4, 0.5) is 38.5 Å². The number of benzene rings is 4. The lowest BCUT2D eigenvalue weighted by atomic mass is 10.1. The molecule has 50 heavy (non-hydrogen) atoms. The molecule has 4 aromatic carbocycles. The van der Waals surface area contributed by atoms with Crippen LogP contribution in [0.2, 0.25) is 0 Å². The third-order valence-electron chi connectivity index (χ3n) is 7.55. The minimum absolute atomic E-state index is 0.0267. The summed E-state index contributed by atoms with van der Waals surface area (Å²) in [5.74, 6) is -0.620. The Morgan fingerprint density at radius 3 is 1.50 bits per heavy atom. The highest BCUT2D eigenvalue weighted by atomic mass is 19.1. The van der Waals surface area contributed by atoms with Gasteiger partial charge in [-0.3, -0.25) is 9.59 Å². The Morgan fingerprint density at radius 1 is 0.520 bits per heavy atom. The zero-order valence-electron chi connectivity index (χ0n) is 28.8. The molecule has 0 aliphatic rings. The van der Waals surface area contributed by atoms with E-state index in [1.165, 1.54) is 12.1 Å². The fraction of sp³-hybridized carbons (Fsp3) is 0.333. The third-order valence-corrected chi connectivity index (χ3v) is 7.55. The van der Waals surface area contributed by atoms with Crippen LogP contribution in [0.25, 0.3) is 0 Å². The predicted octanol–water partition coefficient (Wildman–Crippen LogP) is 13.1. The Morgan fingerprint density at radius 2 is 0.960 bits per heavy atom. The fourth-order valence-corrected chi connectivity index (χ4v) is 4.71. The second-order valence-electron chi connectivity index (χ2n) is 11.8. The largest absolute Gasteiger partial charge is 0.427 e. The third kappa shape index (κ3) is 12.9. The quantitative estimate of drug-likeness (QED) is 0.0449. The smallest absolute Gasteiger partial charge is 0.311 e. The van der Waals surface area contributed by atoms with Crippen molar-refractivity contribution in [2.75, 3.05) is 0 Å². The number of rotatable bonds is 18. The molecule has 0 spiro atoms. The molecule has 0 heterocycles. The summed E-state index contributed by atoms with van der Waals surface area (Å²) < 4.78 is 25.2. The number of halogens is 1. The zero-order valence-corrected chi connectivity index (χ0v) is 28.8. The van der Waals surface area contributed by atoms with Gasteiger partial charge < -0.3 is 9.47 Å². The zero-order chi connectivity index (χ0) is 35.6. The van der Waals surface area contributed by atoms with E-state index in [4.69, 9.17) is 9.47 Å². The van der Waals surface area contributed by atoms with Gasteiger partial charge in [0.15, 0.2) is 5.82 Å². The maximum absolute atomic E-state index is 14.6. The Kier molecular flexibility index (Phi) is 15.1. The first-order chi connectivity index (χ1) is 24.3. The molecule has 0 fully saturated rings. The van der Waals surface area contributed by atoms with E-state index in [0.717, 1.165) is 63.0 Å². The van der Waals surface area contributed by atoms with Crippen molar-refractivity contribution in [3.8, 4) is 11.5 Å². The van der Waals surface area contributed by atoms with E-state index in [9.17, 15) is 14.0 Å². The highest BCUT2D eigenvalue weighted by molar-refractivity contribution is 5.73. The number of hydrogen-bond acceptors (Lipinski definition) is 10. The normalized spacial score (nSPS) is 11.5. The van der Waals surface area contributed by atoms with Gasteiger partial charge in [-0.15, -0.1) is 5.11 Å². The first-order valence-electron chi connectivity index (χ1n) is 17.1. The van der Waals surface area contributed by atoms with Gasteiger partial charge in [-0.05, 0) is 104 Å². The summed E-state index contributed by atoms with van der Waals surface area (Å²) in [6, 6.07) is 23.3. The van der Waals surface area contributed by atoms with Crippen LogP contribution in [0.5, 0.6) is 11.5 Å². The minimum atomic E-state index is -0.639. The van der Waals surface area contributed by atoms with Crippen LogP contribution >= 0.6 is 0 Å². The highest BCUT2D eigenvalue weighted by Crippen LogP contribution is 2.30. The average Bonchev–Trinajstić information content (AvgIpc) is 3.11. The molecule has 260 valence electrons. The van der Waals surface area contributed by atoms with E-state index in [-0.39, 0.29) is 23.4 Å². The van der Waals surface area contributed by atoms with E-state index in [1.54, 1.807) is 54.6 Å². The standard InChI is InChI=1S/C39H43FN6O4/c1-4-6-8-10-12-38(47)49-33-21-18-31(19-22-33)42-45-36-24-20-32(26-28(36)3)44-41-29-14-16-30(17-15-29)43-46-37-25-23-34(27-35(37)40)50-39(48)13-11-9-7-5-2/h14-27H,4-13H2,1-3H3. The number of aryl methyl sites for hydroxylation is 1. The molecule has 0 aromatic heterocycles. The van der Waals surface area contributed by atoms with Crippen LogP contribution in [0.15, 0.2) is 116 Å². The molecule has 0 atom stereocenters. The number of esters is 2. The summed E-state index contributed by atoms with van der Waals surface area (Å²) in [6.45, 7) is 6.15. The summed E-state index contributed by atoms with van der Waals surface area (Å²) in [7, 11) is 0. The average molecular weight is 679 g/mol. The molecule has 0 radical (unpaired) electrons. The Bertz CT molecular complexity index is 1790. The van der Waals surface area contributed by atoms with Gasteiger partial charge in [-0.1, -0.05) is 52.4 Å². The molecule has 0 saturated heterocycles. The molecule has 0 saturated carbocycles. The van der Waals surface area contributed by atoms with Crippen LogP contribution in [0, 0.1) is 12.7 Å². The molecular formula is C39H43FN6O4. The highest BCUT2D eigenvalue weighted by Gasteiger charge is 2.09. The molecule has 0 aliphatic heterocycles. The molecule has 10 nitrogen and oxygen atoms in total. The second kappa shape index (κ2) is 20.2. The predicted molar refractivity (Wildman–Crippen MR) is 192 cm³/mol. The molecule has 4 rings (SSSR count). The molecular weight excluding hydrogens is 635 g/mol. The number of nitrogens with zero attached hydrogens (tertiary/aromatic N) is 6. The minimum Gasteiger partial charge on any atom is -0.427 e. The molecule has 0 amide bonds. The summed E-state index contributed by atoms with van der Waals surface area (Å²) in [5.41, 5.74) is 3.97.